The Morgan fingerprint density at radius 1 is 1.53 bits per heavy atom. The summed E-state index contributed by atoms with van der Waals surface area (Å²) >= 11 is 0. The largest absolute Gasteiger partial charge is 0.507 e. The third kappa shape index (κ3) is 2.63. The number of carbonyl (C=O) groups is 1. The number of carbonyl (C=O) groups excluding carboxylic acids is 1. The third-order valence-electron chi connectivity index (χ3n) is 3.35. The summed E-state index contributed by atoms with van der Waals surface area (Å²) in [6, 6.07) is 6.25. The Bertz CT molecular complexity index is 522. The molecule has 1 aliphatic heterocycles. The fraction of sp³-hybridized carbons (Fsp3) is 0.429. The number of amides is 1. The van der Waals surface area contributed by atoms with Crippen molar-refractivity contribution < 1.29 is 14.6 Å². The summed E-state index contributed by atoms with van der Waals surface area (Å²) in [7, 11) is 1.50. The smallest absolute Gasteiger partial charge is 0.258 e. The van der Waals surface area contributed by atoms with E-state index in [-0.39, 0.29) is 17.2 Å². The van der Waals surface area contributed by atoms with Crippen LogP contribution in [0.3, 0.4) is 0 Å². The molecule has 1 aromatic rings. The Morgan fingerprint density at radius 2 is 2.32 bits per heavy atom. The van der Waals surface area contributed by atoms with Crippen molar-refractivity contribution in [2.75, 3.05) is 13.7 Å². The highest BCUT2D eigenvalue weighted by Crippen LogP contribution is 2.27. The molecule has 0 spiro atoms. The molecule has 0 aliphatic carbocycles. The maximum Gasteiger partial charge on any atom is 0.258 e. The van der Waals surface area contributed by atoms with Crippen molar-refractivity contribution in [2.24, 2.45) is 0 Å². The highest BCUT2D eigenvalue weighted by atomic mass is 16.5. The molecule has 0 bridgehead atoms. The zero-order chi connectivity index (χ0) is 13.8. The number of rotatable bonds is 2. The average molecular weight is 260 g/mol. The minimum absolute atomic E-state index is 0.0898. The Hall–Kier alpha value is -2.22. The fourth-order valence-electron chi connectivity index (χ4n) is 2.28. The summed E-state index contributed by atoms with van der Waals surface area (Å²) in [6.45, 7) is 0.549. The molecule has 0 radical (unpaired) electrons. The van der Waals surface area contributed by atoms with Gasteiger partial charge in [-0.1, -0.05) is 0 Å². The van der Waals surface area contributed by atoms with Crippen LogP contribution in [0.15, 0.2) is 18.2 Å². The molecule has 1 atom stereocenters. The van der Waals surface area contributed by atoms with Crippen LogP contribution < -0.4 is 4.74 Å². The number of phenolic OH excluding ortho intramolecular Hbond substituents is 1. The summed E-state index contributed by atoms with van der Waals surface area (Å²) in [5.41, 5.74) is 0.182. The van der Waals surface area contributed by atoms with Gasteiger partial charge in [0.05, 0.1) is 18.7 Å². The maximum atomic E-state index is 12.4. The molecule has 100 valence electrons. The SMILES string of the molecule is COc1ccc(O)c(C(=O)N2CCCCC2C#N)c1. The summed E-state index contributed by atoms with van der Waals surface area (Å²) in [6.07, 6.45) is 2.52. The highest BCUT2D eigenvalue weighted by molar-refractivity contribution is 5.97. The van der Waals surface area contributed by atoms with E-state index in [0.29, 0.717) is 18.7 Å². The van der Waals surface area contributed by atoms with Crippen molar-refractivity contribution in [3.05, 3.63) is 23.8 Å². The number of aromatic hydroxyl groups is 1. The molecular formula is C14H16N2O3. The lowest BCUT2D eigenvalue weighted by molar-refractivity contribution is 0.0667. The van der Waals surface area contributed by atoms with Crippen LogP contribution in [0.4, 0.5) is 0 Å². The van der Waals surface area contributed by atoms with Crippen molar-refractivity contribution in [1.82, 2.24) is 4.90 Å². The van der Waals surface area contributed by atoms with Gasteiger partial charge in [0, 0.05) is 6.54 Å². The van der Waals surface area contributed by atoms with Crippen LogP contribution in [0.2, 0.25) is 0 Å². The minimum atomic E-state index is -0.410. The van der Waals surface area contributed by atoms with Crippen LogP contribution in [-0.4, -0.2) is 35.6 Å². The number of ether oxygens (including phenoxy) is 1. The normalized spacial score (nSPS) is 18.7. The molecule has 0 saturated carbocycles. The van der Waals surface area contributed by atoms with Gasteiger partial charge in [-0.15, -0.1) is 0 Å². The number of hydrogen-bond donors (Lipinski definition) is 1. The van der Waals surface area contributed by atoms with E-state index < -0.39 is 6.04 Å². The predicted octanol–water partition coefficient (Wildman–Crippen LogP) is 1.92. The van der Waals surface area contributed by atoms with Gasteiger partial charge in [0.15, 0.2) is 0 Å². The number of piperidine rings is 1. The van der Waals surface area contributed by atoms with Gasteiger partial charge >= 0.3 is 0 Å². The molecule has 1 aromatic carbocycles. The van der Waals surface area contributed by atoms with Gasteiger partial charge in [-0.25, -0.2) is 0 Å². The van der Waals surface area contributed by atoms with Gasteiger partial charge in [-0.05, 0) is 37.5 Å². The Kier molecular flexibility index (Phi) is 3.91. The predicted molar refractivity (Wildman–Crippen MR) is 68.9 cm³/mol. The Morgan fingerprint density at radius 3 is 3.00 bits per heavy atom. The second-order valence-electron chi connectivity index (χ2n) is 4.52. The number of methoxy groups -OCH3 is 1. The number of benzene rings is 1. The van der Waals surface area contributed by atoms with Gasteiger partial charge in [-0.2, -0.15) is 5.26 Å². The van der Waals surface area contributed by atoms with Crippen LogP contribution in [0.25, 0.3) is 0 Å². The first-order valence-corrected chi connectivity index (χ1v) is 6.25. The molecular weight excluding hydrogens is 244 g/mol. The number of nitrogens with zero attached hydrogens (tertiary/aromatic N) is 2. The van der Waals surface area contributed by atoms with E-state index in [9.17, 15) is 9.90 Å². The minimum Gasteiger partial charge on any atom is -0.507 e. The van der Waals surface area contributed by atoms with Crippen LogP contribution in [0, 0.1) is 11.3 Å². The van der Waals surface area contributed by atoms with E-state index in [1.165, 1.54) is 24.1 Å². The topological polar surface area (TPSA) is 73.6 Å². The number of hydrogen-bond acceptors (Lipinski definition) is 4. The third-order valence-corrected chi connectivity index (χ3v) is 3.35. The summed E-state index contributed by atoms with van der Waals surface area (Å²) < 4.78 is 5.05. The molecule has 1 saturated heterocycles. The van der Waals surface area contributed by atoms with Crippen LogP contribution >= 0.6 is 0 Å². The number of likely N-dealkylation sites (tertiary alicyclic amines) is 1. The molecule has 1 fully saturated rings. The lowest BCUT2D eigenvalue weighted by atomic mass is 10.0. The van der Waals surface area contributed by atoms with Gasteiger partial charge < -0.3 is 14.7 Å². The quantitative estimate of drug-likeness (QED) is 0.881. The van der Waals surface area contributed by atoms with Gasteiger partial charge in [0.2, 0.25) is 0 Å². The molecule has 1 unspecified atom stereocenters. The molecule has 5 nitrogen and oxygen atoms in total. The summed E-state index contributed by atoms with van der Waals surface area (Å²) in [5, 5.41) is 18.9. The maximum absolute atomic E-state index is 12.4. The first-order valence-electron chi connectivity index (χ1n) is 6.25. The van der Waals surface area contributed by atoms with E-state index in [0.717, 1.165) is 12.8 Å². The van der Waals surface area contributed by atoms with Gasteiger partial charge in [0.25, 0.3) is 5.91 Å². The van der Waals surface area contributed by atoms with E-state index in [1.807, 2.05) is 0 Å². The van der Waals surface area contributed by atoms with Crippen molar-refractivity contribution >= 4 is 5.91 Å². The molecule has 19 heavy (non-hydrogen) atoms. The first kappa shape index (κ1) is 13.2. The van der Waals surface area contributed by atoms with Crippen molar-refractivity contribution in [2.45, 2.75) is 25.3 Å². The molecule has 1 amide bonds. The zero-order valence-electron chi connectivity index (χ0n) is 10.8. The van der Waals surface area contributed by atoms with Crippen molar-refractivity contribution in [3.63, 3.8) is 0 Å². The Labute approximate surface area is 112 Å². The van der Waals surface area contributed by atoms with Crippen LogP contribution in [-0.2, 0) is 0 Å². The standard InChI is InChI=1S/C14H16N2O3/c1-19-11-5-6-13(17)12(8-11)14(18)16-7-3-2-4-10(16)9-15/h5-6,8,10,17H,2-4,7H2,1H3. The monoisotopic (exact) mass is 260 g/mol. The summed E-state index contributed by atoms with van der Waals surface area (Å²) in [5.74, 6) is 0.0994. The lowest BCUT2D eigenvalue weighted by Gasteiger charge is -2.31. The Balaban J connectivity index is 2.30. The second-order valence-corrected chi connectivity index (χ2v) is 4.52. The van der Waals surface area contributed by atoms with Crippen molar-refractivity contribution in [1.29, 1.82) is 5.26 Å². The van der Waals surface area contributed by atoms with E-state index in [2.05, 4.69) is 6.07 Å². The van der Waals surface area contributed by atoms with Crippen molar-refractivity contribution in [3.8, 4) is 17.6 Å². The molecule has 1 aliphatic rings. The van der Waals surface area contributed by atoms with Gasteiger partial charge in [0.1, 0.15) is 17.5 Å². The summed E-state index contributed by atoms with van der Waals surface area (Å²) in [4.78, 5) is 13.9. The molecule has 1 heterocycles. The van der Waals surface area contributed by atoms with E-state index in [4.69, 9.17) is 10.00 Å². The first-order chi connectivity index (χ1) is 9.17. The number of phenols is 1. The zero-order valence-corrected chi connectivity index (χ0v) is 10.8. The van der Waals surface area contributed by atoms with E-state index in [1.54, 1.807) is 6.07 Å². The molecule has 0 aromatic heterocycles. The molecule has 2 rings (SSSR count). The van der Waals surface area contributed by atoms with Crippen LogP contribution in [0.5, 0.6) is 11.5 Å². The second kappa shape index (κ2) is 5.61. The lowest BCUT2D eigenvalue weighted by Crippen LogP contribution is -2.42. The number of nitriles is 1. The molecule has 1 N–H and O–H groups in total. The van der Waals surface area contributed by atoms with E-state index >= 15 is 0 Å². The average Bonchev–Trinajstić information content (AvgIpc) is 2.47. The van der Waals surface area contributed by atoms with Gasteiger partial charge in [-0.3, -0.25) is 4.79 Å². The fourth-order valence-corrected chi connectivity index (χ4v) is 2.28. The molecule has 5 heteroatoms. The van der Waals surface area contributed by atoms with Crippen LogP contribution in [0.1, 0.15) is 29.6 Å². The highest BCUT2D eigenvalue weighted by Gasteiger charge is 2.28.